The van der Waals surface area contributed by atoms with E-state index in [0.29, 0.717) is 16.5 Å². The quantitative estimate of drug-likeness (QED) is 0.520. The molecule has 4 rings (SSSR count). The summed E-state index contributed by atoms with van der Waals surface area (Å²) in [6.45, 7) is 3.71. The highest BCUT2D eigenvalue weighted by atomic mass is 32.2. The predicted molar refractivity (Wildman–Crippen MR) is 114 cm³/mol. The first kappa shape index (κ1) is 18.4. The Balaban J connectivity index is 1.70. The fourth-order valence-corrected chi connectivity index (χ4v) is 5.27. The van der Waals surface area contributed by atoms with Gasteiger partial charge in [0.25, 0.3) is 0 Å². The third-order valence-electron chi connectivity index (χ3n) is 4.69. The monoisotopic (exact) mass is 396 g/mol. The minimum Gasteiger partial charge on any atom is -0.292 e. The molecule has 0 atom stereocenters. The van der Waals surface area contributed by atoms with Crippen LogP contribution in [0.3, 0.4) is 0 Å². The Morgan fingerprint density at radius 2 is 1.44 bits per heavy atom. The van der Waals surface area contributed by atoms with Crippen molar-refractivity contribution in [2.75, 3.05) is 0 Å². The highest BCUT2D eigenvalue weighted by molar-refractivity contribution is 8.16. The molecule has 0 N–H and O–H groups in total. The highest BCUT2D eigenvalue weighted by Gasteiger charge is 2.26. The third-order valence-corrected chi connectivity index (χ3v) is 6.90. The van der Waals surface area contributed by atoms with Crippen molar-refractivity contribution < 1.29 is 9.59 Å². The maximum absolute atomic E-state index is 12.6. The second-order valence-corrected chi connectivity index (χ2v) is 8.81. The molecule has 0 radical (unpaired) electrons. The summed E-state index contributed by atoms with van der Waals surface area (Å²) in [7, 11) is 0. The third kappa shape index (κ3) is 3.48. The first-order chi connectivity index (χ1) is 13.1. The minimum atomic E-state index is -0.0256. The Hall–Kier alpha value is -1.92. The van der Waals surface area contributed by atoms with Gasteiger partial charge in [-0.25, -0.2) is 9.98 Å². The molecule has 4 nitrogen and oxygen atoms in total. The summed E-state index contributed by atoms with van der Waals surface area (Å²) >= 11 is 2.86. The Morgan fingerprint density at radius 3 is 2.04 bits per heavy atom. The van der Waals surface area contributed by atoms with Crippen LogP contribution >= 0.6 is 23.5 Å². The SMILES string of the molecule is CCCCCCC(=O)C1=Nc2ccc3c4c(ccc(c24)S1)N=C(C(C)=O)S3. The van der Waals surface area contributed by atoms with Gasteiger partial charge in [-0.1, -0.05) is 49.7 Å². The van der Waals surface area contributed by atoms with Gasteiger partial charge in [0.1, 0.15) is 10.1 Å². The van der Waals surface area contributed by atoms with Crippen LogP contribution in [0.1, 0.15) is 46.0 Å². The molecule has 138 valence electrons. The van der Waals surface area contributed by atoms with Gasteiger partial charge >= 0.3 is 0 Å². The van der Waals surface area contributed by atoms with E-state index in [4.69, 9.17) is 0 Å². The van der Waals surface area contributed by atoms with Crippen LogP contribution < -0.4 is 0 Å². The topological polar surface area (TPSA) is 58.9 Å². The average molecular weight is 397 g/mol. The maximum atomic E-state index is 12.6. The summed E-state index contributed by atoms with van der Waals surface area (Å²) in [5.74, 6) is 0.101. The van der Waals surface area contributed by atoms with Crippen molar-refractivity contribution in [3.8, 4) is 0 Å². The molecule has 0 aromatic heterocycles. The highest BCUT2D eigenvalue weighted by Crippen LogP contribution is 2.49. The molecule has 0 bridgehead atoms. The number of rotatable bonds is 7. The molecule has 0 spiro atoms. The summed E-state index contributed by atoms with van der Waals surface area (Å²) in [6.07, 6.45) is 4.90. The van der Waals surface area contributed by atoms with Crippen molar-refractivity contribution >= 4 is 67.3 Å². The van der Waals surface area contributed by atoms with Gasteiger partial charge in [0.2, 0.25) is 0 Å². The van der Waals surface area contributed by atoms with Gasteiger partial charge in [-0.05, 0) is 30.7 Å². The molecule has 0 unspecified atom stereocenters. The van der Waals surface area contributed by atoms with Gasteiger partial charge in [-0.2, -0.15) is 0 Å². The molecule has 0 fully saturated rings. The molecule has 2 aliphatic rings. The number of carbonyl (C=O) groups is 2. The number of hydrogen-bond donors (Lipinski definition) is 0. The Morgan fingerprint density at radius 1 is 0.852 bits per heavy atom. The molecule has 0 aliphatic carbocycles. The van der Waals surface area contributed by atoms with E-state index in [-0.39, 0.29) is 11.6 Å². The summed E-state index contributed by atoms with van der Waals surface area (Å²) in [5, 5.41) is 3.17. The number of hydrogen-bond acceptors (Lipinski definition) is 6. The number of nitrogens with zero attached hydrogens (tertiary/aromatic N) is 2. The molecular formula is C21H20N2O2S2. The molecule has 0 amide bonds. The van der Waals surface area contributed by atoms with Crippen molar-refractivity contribution in [1.82, 2.24) is 0 Å². The van der Waals surface area contributed by atoms with Crippen LogP contribution in [0.2, 0.25) is 0 Å². The van der Waals surface area contributed by atoms with E-state index in [9.17, 15) is 9.59 Å². The van der Waals surface area contributed by atoms with E-state index in [2.05, 4.69) is 16.9 Å². The number of unbranched alkanes of at least 4 members (excludes halogenated alkanes) is 3. The number of benzene rings is 2. The van der Waals surface area contributed by atoms with Gasteiger partial charge in [-0.15, -0.1) is 0 Å². The minimum absolute atomic E-state index is 0.0256. The van der Waals surface area contributed by atoms with Gasteiger partial charge in [0, 0.05) is 33.9 Å². The number of aliphatic imine (C=N–C) groups is 2. The number of ketones is 2. The van der Waals surface area contributed by atoms with Crippen LogP contribution in [0.5, 0.6) is 0 Å². The van der Waals surface area contributed by atoms with Crippen molar-refractivity contribution in [1.29, 1.82) is 0 Å². The van der Waals surface area contributed by atoms with Crippen LogP contribution in [0.15, 0.2) is 44.0 Å². The molecule has 0 saturated carbocycles. The zero-order valence-corrected chi connectivity index (χ0v) is 17.0. The van der Waals surface area contributed by atoms with Crippen molar-refractivity contribution in [3.05, 3.63) is 24.3 Å². The van der Waals surface area contributed by atoms with E-state index in [1.807, 2.05) is 24.3 Å². The summed E-state index contributed by atoms with van der Waals surface area (Å²) in [5.41, 5.74) is 1.63. The summed E-state index contributed by atoms with van der Waals surface area (Å²) in [6, 6.07) is 7.86. The molecule has 2 heterocycles. The molecule has 0 saturated heterocycles. The molecule has 27 heavy (non-hydrogen) atoms. The lowest BCUT2D eigenvalue weighted by molar-refractivity contribution is -0.113. The van der Waals surface area contributed by atoms with E-state index in [1.54, 1.807) is 6.92 Å². The van der Waals surface area contributed by atoms with Gasteiger partial charge < -0.3 is 0 Å². The largest absolute Gasteiger partial charge is 0.292 e. The fraction of sp³-hybridized carbons (Fsp3) is 0.333. The van der Waals surface area contributed by atoms with E-state index in [1.165, 1.54) is 29.9 Å². The maximum Gasteiger partial charge on any atom is 0.188 e. The van der Waals surface area contributed by atoms with Gasteiger partial charge in [0.05, 0.1) is 11.4 Å². The van der Waals surface area contributed by atoms with E-state index >= 15 is 0 Å². The van der Waals surface area contributed by atoms with E-state index in [0.717, 1.165) is 51.2 Å². The van der Waals surface area contributed by atoms with Gasteiger partial charge in [-0.3, -0.25) is 9.59 Å². The first-order valence-electron chi connectivity index (χ1n) is 9.25. The Kier molecular flexibility index (Phi) is 5.19. The lowest BCUT2D eigenvalue weighted by Gasteiger charge is -2.21. The molecule has 2 aromatic rings. The lowest BCUT2D eigenvalue weighted by Crippen LogP contribution is -2.12. The molecule has 6 heteroatoms. The van der Waals surface area contributed by atoms with Crippen LogP contribution in [-0.4, -0.2) is 21.7 Å². The van der Waals surface area contributed by atoms with E-state index < -0.39 is 0 Å². The Bertz CT molecular complexity index is 1020. The number of thioether (sulfide) groups is 2. The van der Waals surface area contributed by atoms with Crippen molar-refractivity contribution in [2.45, 2.75) is 55.7 Å². The molecule has 2 aromatic carbocycles. The predicted octanol–water partition coefficient (Wildman–Crippen LogP) is 6.24. The second-order valence-electron chi connectivity index (χ2n) is 6.74. The zero-order valence-electron chi connectivity index (χ0n) is 15.4. The molecular weight excluding hydrogens is 376 g/mol. The van der Waals surface area contributed by atoms with Crippen LogP contribution in [0, 0.1) is 0 Å². The number of carbonyl (C=O) groups excluding carboxylic acids is 2. The molecule has 2 aliphatic heterocycles. The van der Waals surface area contributed by atoms with Crippen LogP contribution in [0.4, 0.5) is 11.4 Å². The Labute approximate surface area is 166 Å². The summed E-state index contributed by atoms with van der Waals surface area (Å²) in [4.78, 5) is 35.6. The normalized spacial score (nSPS) is 14.7. The lowest BCUT2D eigenvalue weighted by atomic mass is 10.1. The van der Waals surface area contributed by atoms with Crippen LogP contribution in [-0.2, 0) is 9.59 Å². The average Bonchev–Trinajstić information content (AvgIpc) is 2.68. The zero-order chi connectivity index (χ0) is 19.0. The van der Waals surface area contributed by atoms with Crippen molar-refractivity contribution in [2.24, 2.45) is 9.98 Å². The summed E-state index contributed by atoms with van der Waals surface area (Å²) < 4.78 is 0. The van der Waals surface area contributed by atoms with Gasteiger partial charge in [0.15, 0.2) is 11.6 Å². The number of Topliss-reactive ketones (excluding diaryl/α,β-unsaturated/α-hetero) is 2. The smallest absolute Gasteiger partial charge is 0.188 e. The fourth-order valence-electron chi connectivity index (χ4n) is 3.32. The second kappa shape index (κ2) is 7.60. The van der Waals surface area contributed by atoms with Crippen molar-refractivity contribution in [3.63, 3.8) is 0 Å². The standard InChI is InChI=1S/C21H20N2O2S2/c1-3-4-5-6-7-15(25)21-23-14-9-10-16-18-13(22-20(26-16)12(2)24)8-11-17(27-21)19(14)18/h8-11H,3-7H2,1-2H3. The van der Waals surface area contributed by atoms with Crippen LogP contribution in [0.25, 0.3) is 10.8 Å². The first-order valence-corrected chi connectivity index (χ1v) is 10.9.